The molecule has 0 saturated heterocycles. The number of aromatic nitrogens is 2. The van der Waals surface area contributed by atoms with Crippen LogP contribution in [0.1, 0.15) is 24.7 Å². The summed E-state index contributed by atoms with van der Waals surface area (Å²) in [6.45, 7) is 3.77. The molecule has 0 radical (unpaired) electrons. The summed E-state index contributed by atoms with van der Waals surface area (Å²) < 4.78 is 0. The van der Waals surface area contributed by atoms with Crippen LogP contribution in [0.5, 0.6) is 0 Å². The van der Waals surface area contributed by atoms with Crippen molar-refractivity contribution in [3.63, 3.8) is 0 Å². The highest BCUT2D eigenvalue weighted by atomic mass is 16.2. The summed E-state index contributed by atoms with van der Waals surface area (Å²) in [6, 6.07) is -0.208. The summed E-state index contributed by atoms with van der Waals surface area (Å²) in [5.41, 5.74) is 2.04. The maximum absolute atomic E-state index is 12.3. The Hall–Kier alpha value is -1.80. The van der Waals surface area contributed by atoms with Crippen LogP contribution < -0.4 is 5.32 Å². The molecule has 1 amide bonds. The Morgan fingerprint density at radius 3 is 3.28 bits per heavy atom. The van der Waals surface area contributed by atoms with Gasteiger partial charge in [0.1, 0.15) is 0 Å². The Morgan fingerprint density at radius 2 is 2.56 bits per heavy atom. The van der Waals surface area contributed by atoms with Crippen molar-refractivity contribution in [1.82, 2.24) is 20.2 Å². The fraction of sp³-hybridized carbons (Fsp3) is 0.538. The fourth-order valence-electron chi connectivity index (χ4n) is 2.21. The number of fused-ring (bicyclic) bond motifs is 1. The van der Waals surface area contributed by atoms with E-state index >= 15 is 0 Å². The number of terminal acetylenes is 1. The largest absolute Gasteiger partial charge is 0.347 e. The second kappa shape index (κ2) is 5.69. The smallest absolute Gasteiger partial charge is 0.240 e. The molecule has 2 heterocycles. The Labute approximate surface area is 107 Å². The summed E-state index contributed by atoms with van der Waals surface area (Å²) in [4.78, 5) is 21.4. The zero-order chi connectivity index (χ0) is 13.0. The van der Waals surface area contributed by atoms with Crippen molar-refractivity contribution in [3.05, 3.63) is 17.7 Å². The predicted octanol–water partition coefficient (Wildman–Crippen LogP) is 0.296. The molecule has 0 aromatic carbocycles. The molecule has 1 unspecified atom stereocenters. The third-order valence-electron chi connectivity index (χ3n) is 3.12. The molecular weight excluding hydrogens is 228 g/mol. The molecule has 0 bridgehead atoms. The van der Waals surface area contributed by atoms with Gasteiger partial charge in [0.15, 0.2) is 0 Å². The highest BCUT2D eigenvalue weighted by Gasteiger charge is 2.28. The van der Waals surface area contributed by atoms with Crippen molar-refractivity contribution in [2.24, 2.45) is 0 Å². The van der Waals surface area contributed by atoms with Crippen LogP contribution in [0.3, 0.4) is 0 Å². The zero-order valence-electron chi connectivity index (χ0n) is 10.6. The molecule has 1 aliphatic heterocycles. The van der Waals surface area contributed by atoms with Crippen LogP contribution in [-0.4, -0.2) is 39.9 Å². The van der Waals surface area contributed by atoms with Gasteiger partial charge in [-0.2, -0.15) is 0 Å². The van der Waals surface area contributed by atoms with E-state index in [2.05, 4.69) is 21.2 Å². The lowest BCUT2D eigenvalue weighted by Crippen LogP contribution is -2.49. The monoisotopic (exact) mass is 246 g/mol. The molecular formula is C13H18N4O. The van der Waals surface area contributed by atoms with E-state index < -0.39 is 0 Å². The van der Waals surface area contributed by atoms with Crippen molar-refractivity contribution in [2.45, 2.75) is 32.4 Å². The number of carbonyl (C=O) groups is 1. The van der Waals surface area contributed by atoms with E-state index in [0.29, 0.717) is 26.1 Å². The number of hydrogen-bond acceptors (Lipinski definition) is 3. The number of aromatic amines is 1. The van der Waals surface area contributed by atoms with Gasteiger partial charge in [0.05, 0.1) is 30.3 Å². The molecule has 1 aromatic heterocycles. The number of rotatable bonds is 4. The third-order valence-corrected chi connectivity index (χ3v) is 3.12. The van der Waals surface area contributed by atoms with E-state index in [0.717, 1.165) is 17.8 Å². The van der Waals surface area contributed by atoms with Crippen molar-refractivity contribution in [3.8, 4) is 12.3 Å². The van der Waals surface area contributed by atoms with Crippen LogP contribution in [0.4, 0.5) is 0 Å². The molecule has 5 heteroatoms. The first kappa shape index (κ1) is 12.7. The minimum atomic E-state index is -0.208. The van der Waals surface area contributed by atoms with Gasteiger partial charge in [-0.15, -0.1) is 6.42 Å². The second-order valence-electron chi connectivity index (χ2n) is 4.43. The van der Waals surface area contributed by atoms with E-state index in [-0.39, 0.29) is 11.9 Å². The Bertz CT molecular complexity index is 460. The fourth-order valence-corrected chi connectivity index (χ4v) is 2.21. The number of H-pyrrole nitrogens is 1. The number of carbonyl (C=O) groups excluding carboxylic acids is 1. The molecule has 1 atom stereocenters. The second-order valence-corrected chi connectivity index (χ2v) is 4.43. The summed E-state index contributed by atoms with van der Waals surface area (Å²) in [6.07, 6.45) is 8.51. The molecule has 1 aromatic rings. The average Bonchev–Trinajstić information content (AvgIpc) is 2.84. The lowest BCUT2D eigenvalue weighted by atomic mass is 10.0. The van der Waals surface area contributed by atoms with Gasteiger partial charge in [-0.25, -0.2) is 4.98 Å². The third kappa shape index (κ3) is 2.54. The number of imidazole rings is 1. The standard InChI is InChI=1S/C13H18N4O/c1-3-5-17(6-4-2)13(18)11-7-10-12(8-14-11)16-9-15-10/h1,9,11,14H,4-8H2,2H3,(H,15,16). The molecule has 2 rings (SSSR count). The molecule has 0 saturated carbocycles. The first-order valence-corrected chi connectivity index (χ1v) is 6.23. The van der Waals surface area contributed by atoms with Gasteiger partial charge in [0.25, 0.3) is 0 Å². The van der Waals surface area contributed by atoms with Gasteiger partial charge in [0.2, 0.25) is 5.91 Å². The molecule has 18 heavy (non-hydrogen) atoms. The number of nitrogens with zero attached hydrogens (tertiary/aromatic N) is 2. The van der Waals surface area contributed by atoms with Crippen LogP contribution >= 0.6 is 0 Å². The quantitative estimate of drug-likeness (QED) is 0.751. The first-order chi connectivity index (χ1) is 8.76. The predicted molar refractivity (Wildman–Crippen MR) is 68.6 cm³/mol. The van der Waals surface area contributed by atoms with Crippen molar-refractivity contribution < 1.29 is 4.79 Å². The molecule has 2 N–H and O–H groups in total. The van der Waals surface area contributed by atoms with Crippen molar-refractivity contribution in [2.75, 3.05) is 13.1 Å². The highest BCUT2D eigenvalue weighted by Crippen LogP contribution is 2.13. The number of amides is 1. The van der Waals surface area contributed by atoms with E-state index in [1.807, 2.05) is 6.92 Å². The van der Waals surface area contributed by atoms with Gasteiger partial charge in [-0.1, -0.05) is 12.8 Å². The molecule has 0 fully saturated rings. The van der Waals surface area contributed by atoms with Crippen molar-refractivity contribution >= 4 is 5.91 Å². The topological polar surface area (TPSA) is 61.0 Å². The zero-order valence-corrected chi connectivity index (χ0v) is 10.6. The SMILES string of the molecule is C#CCN(CCC)C(=O)C1Cc2nc[nH]c2CN1. The Morgan fingerprint density at radius 1 is 1.72 bits per heavy atom. The Kier molecular flexibility index (Phi) is 4.00. The van der Waals surface area contributed by atoms with Crippen molar-refractivity contribution in [1.29, 1.82) is 0 Å². The minimum absolute atomic E-state index is 0.0726. The van der Waals surface area contributed by atoms with Gasteiger partial charge < -0.3 is 9.88 Å². The maximum atomic E-state index is 12.3. The molecule has 5 nitrogen and oxygen atoms in total. The summed E-state index contributed by atoms with van der Waals surface area (Å²) in [5.74, 6) is 2.61. The minimum Gasteiger partial charge on any atom is -0.347 e. The first-order valence-electron chi connectivity index (χ1n) is 6.23. The maximum Gasteiger partial charge on any atom is 0.240 e. The number of hydrogen-bond donors (Lipinski definition) is 2. The van der Waals surface area contributed by atoms with Gasteiger partial charge >= 0.3 is 0 Å². The van der Waals surface area contributed by atoms with Crippen LogP contribution in [-0.2, 0) is 17.8 Å². The van der Waals surface area contributed by atoms with E-state index in [1.54, 1.807) is 11.2 Å². The molecule has 0 spiro atoms. The lowest BCUT2D eigenvalue weighted by Gasteiger charge is -2.28. The van der Waals surface area contributed by atoms with Crippen LogP contribution in [0.25, 0.3) is 0 Å². The molecule has 0 aliphatic carbocycles. The van der Waals surface area contributed by atoms with Crippen LogP contribution in [0.2, 0.25) is 0 Å². The molecule has 96 valence electrons. The van der Waals surface area contributed by atoms with E-state index in [1.165, 1.54) is 0 Å². The summed E-state index contributed by atoms with van der Waals surface area (Å²) in [5, 5.41) is 3.23. The average molecular weight is 246 g/mol. The van der Waals surface area contributed by atoms with E-state index in [9.17, 15) is 4.79 Å². The van der Waals surface area contributed by atoms with Gasteiger partial charge in [-0.05, 0) is 6.42 Å². The summed E-state index contributed by atoms with van der Waals surface area (Å²) >= 11 is 0. The van der Waals surface area contributed by atoms with Gasteiger partial charge in [-0.3, -0.25) is 10.1 Å². The van der Waals surface area contributed by atoms with Crippen LogP contribution in [0.15, 0.2) is 6.33 Å². The molecule has 1 aliphatic rings. The van der Waals surface area contributed by atoms with E-state index in [4.69, 9.17) is 6.42 Å². The number of nitrogens with one attached hydrogen (secondary N) is 2. The van der Waals surface area contributed by atoms with Gasteiger partial charge in [0, 0.05) is 19.5 Å². The van der Waals surface area contributed by atoms with Crippen LogP contribution in [0, 0.1) is 12.3 Å². The highest BCUT2D eigenvalue weighted by molar-refractivity contribution is 5.82. The normalized spacial score (nSPS) is 17.9. The lowest BCUT2D eigenvalue weighted by molar-refractivity contribution is -0.133. The summed E-state index contributed by atoms with van der Waals surface area (Å²) in [7, 11) is 0. The Balaban J connectivity index is 2.04.